The van der Waals surface area contributed by atoms with E-state index >= 15 is 0 Å². The predicted octanol–water partition coefficient (Wildman–Crippen LogP) is 3.41. The number of carboxylic acid groups (broad SMARTS) is 1. The SMILES string of the molecule is CCN(CC(=O)O)C1CC(NC2CCC(C)(c3ccccc3)CC2)C1. The second kappa shape index (κ2) is 7.88. The molecule has 1 aromatic carbocycles. The van der Waals surface area contributed by atoms with E-state index in [1.54, 1.807) is 0 Å². The molecule has 4 nitrogen and oxygen atoms in total. The third-order valence-corrected chi connectivity index (χ3v) is 6.41. The second-order valence-corrected chi connectivity index (χ2v) is 8.15. The molecule has 0 saturated heterocycles. The van der Waals surface area contributed by atoms with Gasteiger partial charge in [-0.3, -0.25) is 9.69 Å². The van der Waals surface area contributed by atoms with Crippen LogP contribution in [0.3, 0.4) is 0 Å². The van der Waals surface area contributed by atoms with Gasteiger partial charge in [0.2, 0.25) is 0 Å². The molecule has 2 fully saturated rings. The van der Waals surface area contributed by atoms with Crippen LogP contribution in [0.5, 0.6) is 0 Å². The lowest BCUT2D eigenvalue weighted by atomic mass is 9.69. The first-order valence-corrected chi connectivity index (χ1v) is 9.77. The maximum absolute atomic E-state index is 10.9. The van der Waals surface area contributed by atoms with Crippen LogP contribution >= 0.6 is 0 Å². The molecule has 3 rings (SSSR count). The number of likely N-dealkylation sites (N-methyl/N-ethyl adjacent to an activating group) is 1. The molecule has 0 radical (unpaired) electrons. The summed E-state index contributed by atoms with van der Waals surface area (Å²) in [7, 11) is 0. The number of hydrogen-bond acceptors (Lipinski definition) is 3. The Morgan fingerprint density at radius 1 is 1.20 bits per heavy atom. The molecule has 25 heavy (non-hydrogen) atoms. The molecule has 0 aromatic heterocycles. The fourth-order valence-corrected chi connectivity index (χ4v) is 4.58. The van der Waals surface area contributed by atoms with E-state index in [9.17, 15) is 4.79 Å². The van der Waals surface area contributed by atoms with E-state index in [1.807, 2.05) is 0 Å². The van der Waals surface area contributed by atoms with Crippen LogP contribution in [-0.2, 0) is 10.2 Å². The first-order chi connectivity index (χ1) is 12.0. The molecule has 2 aliphatic rings. The van der Waals surface area contributed by atoms with Crippen LogP contribution in [0.2, 0.25) is 0 Å². The number of nitrogens with zero attached hydrogens (tertiary/aromatic N) is 1. The summed E-state index contributed by atoms with van der Waals surface area (Å²) in [6, 6.07) is 12.6. The lowest BCUT2D eigenvalue weighted by Crippen LogP contribution is -2.56. The van der Waals surface area contributed by atoms with Gasteiger partial charge in [0.05, 0.1) is 6.54 Å². The van der Waals surface area contributed by atoms with Crippen LogP contribution in [0.1, 0.15) is 57.9 Å². The molecular formula is C21H32N2O2. The molecule has 0 heterocycles. The highest BCUT2D eigenvalue weighted by atomic mass is 16.4. The minimum Gasteiger partial charge on any atom is -0.480 e. The monoisotopic (exact) mass is 344 g/mol. The maximum atomic E-state index is 10.9. The van der Waals surface area contributed by atoms with Gasteiger partial charge in [-0.2, -0.15) is 0 Å². The minimum atomic E-state index is -0.717. The molecule has 0 spiro atoms. The largest absolute Gasteiger partial charge is 0.480 e. The number of hydrogen-bond donors (Lipinski definition) is 2. The molecule has 0 atom stereocenters. The number of carbonyl (C=O) groups is 1. The van der Waals surface area contributed by atoms with E-state index in [-0.39, 0.29) is 6.54 Å². The zero-order chi connectivity index (χ0) is 17.9. The van der Waals surface area contributed by atoms with Gasteiger partial charge < -0.3 is 10.4 Å². The van der Waals surface area contributed by atoms with Crippen LogP contribution in [0, 0.1) is 0 Å². The summed E-state index contributed by atoms with van der Waals surface area (Å²) in [5.41, 5.74) is 1.80. The van der Waals surface area contributed by atoms with Crippen molar-refractivity contribution in [2.24, 2.45) is 0 Å². The Labute approximate surface area is 151 Å². The first-order valence-electron chi connectivity index (χ1n) is 9.77. The van der Waals surface area contributed by atoms with Gasteiger partial charge in [0.1, 0.15) is 0 Å². The summed E-state index contributed by atoms with van der Waals surface area (Å²) in [4.78, 5) is 13.0. The Kier molecular flexibility index (Phi) is 5.80. The van der Waals surface area contributed by atoms with Crippen LogP contribution in [-0.4, -0.2) is 47.2 Å². The van der Waals surface area contributed by atoms with Crippen molar-refractivity contribution < 1.29 is 9.90 Å². The van der Waals surface area contributed by atoms with Crippen molar-refractivity contribution in [2.75, 3.05) is 13.1 Å². The summed E-state index contributed by atoms with van der Waals surface area (Å²) in [6.07, 6.45) is 7.13. The summed E-state index contributed by atoms with van der Waals surface area (Å²) in [5, 5.41) is 12.8. The van der Waals surface area contributed by atoms with Crippen molar-refractivity contribution >= 4 is 5.97 Å². The molecule has 4 heteroatoms. The fraction of sp³-hybridized carbons (Fsp3) is 0.667. The van der Waals surface area contributed by atoms with Gasteiger partial charge >= 0.3 is 5.97 Å². The van der Waals surface area contributed by atoms with Crippen LogP contribution in [0.4, 0.5) is 0 Å². The first kappa shape index (κ1) is 18.4. The van der Waals surface area contributed by atoms with Crippen molar-refractivity contribution in [1.29, 1.82) is 0 Å². The molecule has 0 bridgehead atoms. The van der Waals surface area contributed by atoms with E-state index < -0.39 is 5.97 Å². The van der Waals surface area contributed by atoms with Crippen LogP contribution < -0.4 is 5.32 Å². The summed E-state index contributed by atoms with van der Waals surface area (Å²) >= 11 is 0. The predicted molar refractivity (Wildman–Crippen MR) is 101 cm³/mol. The summed E-state index contributed by atoms with van der Waals surface area (Å²) < 4.78 is 0. The molecule has 0 aliphatic heterocycles. The molecule has 0 amide bonds. The van der Waals surface area contributed by atoms with E-state index in [0.717, 1.165) is 19.4 Å². The number of carboxylic acids is 1. The van der Waals surface area contributed by atoms with E-state index in [2.05, 4.69) is 54.4 Å². The Hall–Kier alpha value is -1.39. The van der Waals surface area contributed by atoms with Gasteiger partial charge in [0.25, 0.3) is 0 Å². The van der Waals surface area contributed by atoms with Crippen molar-refractivity contribution in [3.63, 3.8) is 0 Å². The quantitative estimate of drug-likeness (QED) is 0.796. The van der Waals surface area contributed by atoms with E-state index in [4.69, 9.17) is 5.11 Å². The van der Waals surface area contributed by atoms with Crippen molar-refractivity contribution in [2.45, 2.75) is 75.9 Å². The Morgan fingerprint density at radius 3 is 2.40 bits per heavy atom. The van der Waals surface area contributed by atoms with Gasteiger partial charge in [0.15, 0.2) is 0 Å². The summed E-state index contributed by atoms with van der Waals surface area (Å²) in [6.45, 7) is 5.45. The molecule has 2 saturated carbocycles. The lowest BCUT2D eigenvalue weighted by molar-refractivity contribution is -0.139. The zero-order valence-electron chi connectivity index (χ0n) is 15.6. The van der Waals surface area contributed by atoms with Crippen molar-refractivity contribution in [1.82, 2.24) is 10.2 Å². The van der Waals surface area contributed by atoms with Gasteiger partial charge in [-0.15, -0.1) is 0 Å². The summed E-state index contributed by atoms with van der Waals surface area (Å²) in [5.74, 6) is -0.717. The van der Waals surface area contributed by atoms with Gasteiger partial charge in [-0.05, 0) is 56.0 Å². The van der Waals surface area contributed by atoms with Crippen molar-refractivity contribution in [3.8, 4) is 0 Å². The van der Waals surface area contributed by atoms with Crippen molar-refractivity contribution in [3.05, 3.63) is 35.9 Å². The average molecular weight is 344 g/mol. The fourth-order valence-electron chi connectivity index (χ4n) is 4.58. The number of nitrogens with one attached hydrogen (secondary N) is 1. The smallest absolute Gasteiger partial charge is 0.317 e. The van der Waals surface area contributed by atoms with Crippen LogP contribution in [0.15, 0.2) is 30.3 Å². The van der Waals surface area contributed by atoms with Crippen LogP contribution in [0.25, 0.3) is 0 Å². The molecule has 0 unspecified atom stereocenters. The average Bonchev–Trinajstić information content (AvgIpc) is 2.58. The van der Waals surface area contributed by atoms with E-state index in [1.165, 1.54) is 31.2 Å². The minimum absolute atomic E-state index is 0.173. The Morgan fingerprint density at radius 2 is 1.84 bits per heavy atom. The Balaban J connectivity index is 1.43. The number of aliphatic carboxylic acids is 1. The maximum Gasteiger partial charge on any atom is 0.317 e. The third-order valence-electron chi connectivity index (χ3n) is 6.41. The van der Waals surface area contributed by atoms with Gasteiger partial charge in [-0.25, -0.2) is 0 Å². The highest BCUT2D eigenvalue weighted by Gasteiger charge is 2.37. The topological polar surface area (TPSA) is 52.6 Å². The molecule has 2 aliphatic carbocycles. The normalized spacial score (nSPS) is 32.4. The third kappa shape index (κ3) is 4.42. The number of benzene rings is 1. The molecule has 1 aromatic rings. The standard InChI is InChI=1S/C21H32N2O2/c1-3-23(15-20(24)25)19-13-18(14-19)22-17-9-11-21(2,12-10-17)16-7-5-4-6-8-16/h4-8,17-19,22H,3,9-15H2,1-2H3,(H,24,25). The zero-order valence-corrected chi connectivity index (χ0v) is 15.6. The molecule has 138 valence electrons. The number of rotatable bonds is 7. The highest BCUT2D eigenvalue weighted by molar-refractivity contribution is 5.69. The Bertz CT molecular complexity index is 561. The highest BCUT2D eigenvalue weighted by Crippen LogP contribution is 2.39. The lowest BCUT2D eigenvalue weighted by Gasteiger charge is -2.46. The van der Waals surface area contributed by atoms with E-state index in [0.29, 0.717) is 23.5 Å². The van der Waals surface area contributed by atoms with Gasteiger partial charge in [-0.1, -0.05) is 44.2 Å². The van der Waals surface area contributed by atoms with Gasteiger partial charge in [0, 0.05) is 18.1 Å². The molecule has 2 N–H and O–H groups in total. The second-order valence-electron chi connectivity index (χ2n) is 8.15. The molecular weight excluding hydrogens is 312 g/mol.